The van der Waals surface area contributed by atoms with Crippen LogP contribution in [-0.4, -0.2) is 31.6 Å². The third-order valence-corrected chi connectivity index (χ3v) is 2.79. The Balaban J connectivity index is 2.56. The minimum atomic E-state index is -3.01. The van der Waals surface area contributed by atoms with Crippen LogP contribution in [0.4, 0.5) is 8.78 Å². The number of hydrogen-bond donors (Lipinski definition) is 0. The van der Waals surface area contributed by atoms with Crippen molar-refractivity contribution in [1.82, 2.24) is 4.90 Å². The summed E-state index contributed by atoms with van der Waals surface area (Å²) in [6.07, 6.45) is 1.59. The van der Waals surface area contributed by atoms with Gasteiger partial charge in [0.25, 0.3) is 0 Å². The van der Waals surface area contributed by atoms with Crippen molar-refractivity contribution < 1.29 is 23.0 Å². The molecule has 0 saturated heterocycles. The third kappa shape index (κ3) is 2.86. The van der Waals surface area contributed by atoms with Crippen LogP contribution in [0.3, 0.4) is 0 Å². The van der Waals surface area contributed by atoms with Gasteiger partial charge < -0.3 is 14.4 Å². The maximum atomic E-state index is 12.3. The van der Waals surface area contributed by atoms with Crippen LogP contribution in [0.25, 0.3) is 5.76 Å². The van der Waals surface area contributed by atoms with Crippen LogP contribution in [0.1, 0.15) is 15.9 Å². The van der Waals surface area contributed by atoms with Crippen LogP contribution >= 0.6 is 15.9 Å². The summed E-state index contributed by atoms with van der Waals surface area (Å²) in [6, 6.07) is 2.93. The molecule has 0 radical (unpaired) electrons. The van der Waals surface area contributed by atoms with Gasteiger partial charge in [-0.05, 0) is 12.1 Å². The smallest absolute Gasteiger partial charge is 0.387 e. The van der Waals surface area contributed by atoms with Gasteiger partial charge in [0.15, 0.2) is 5.76 Å². The maximum Gasteiger partial charge on any atom is 0.387 e. The van der Waals surface area contributed by atoms with E-state index in [4.69, 9.17) is 4.74 Å². The van der Waals surface area contributed by atoms with Gasteiger partial charge in [0.2, 0.25) is 0 Å². The number of hydrogen-bond acceptors (Lipinski definition) is 4. The molecule has 0 aliphatic carbocycles. The fraction of sp³-hybridized carbons (Fsp3) is 0.250. The highest BCUT2D eigenvalue weighted by Gasteiger charge is 2.32. The topological polar surface area (TPSA) is 38.8 Å². The first-order chi connectivity index (χ1) is 8.88. The van der Waals surface area contributed by atoms with Crippen LogP contribution < -0.4 is 4.74 Å². The second kappa shape index (κ2) is 5.16. The lowest BCUT2D eigenvalue weighted by Crippen LogP contribution is -2.06. The van der Waals surface area contributed by atoms with Crippen molar-refractivity contribution in [2.24, 2.45) is 0 Å². The van der Waals surface area contributed by atoms with Gasteiger partial charge in [-0.15, -0.1) is 0 Å². The van der Waals surface area contributed by atoms with E-state index in [1.54, 1.807) is 31.3 Å². The number of nitrogens with zero attached hydrogens (tertiary/aromatic N) is 1. The zero-order chi connectivity index (χ0) is 14.2. The molecule has 0 saturated carbocycles. The third-order valence-electron chi connectivity index (χ3n) is 2.33. The number of carbonyl (C=O) groups is 1. The van der Waals surface area contributed by atoms with Crippen LogP contribution in [0, 0.1) is 0 Å². The molecule has 0 amide bonds. The Morgan fingerprint density at radius 1 is 1.42 bits per heavy atom. The molecule has 1 heterocycles. The summed E-state index contributed by atoms with van der Waals surface area (Å²) in [6.45, 7) is -3.01. The van der Waals surface area contributed by atoms with E-state index in [1.807, 2.05) is 0 Å². The molecule has 0 unspecified atom stereocenters. The molecule has 1 aromatic rings. The van der Waals surface area contributed by atoms with E-state index in [1.165, 1.54) is 6.07 Å². The van der Waals surface area contributed by atoms with Crippen LogP contribution in [0.2, 0.25) is 0 Å². The van der Waals surface area contributed by atoms with Gasteiger partial charge in [-0.2, -0.15) is 8.78 Å². The average molecular weight is 334 g/mol. The van der Waals surface area contributed by atoms with E-state index >= 15 is 0 Å². The Bertz CT molecular complexity index is 558. The van der Waals surface area contributed by atoms with Crippen LogP contribution in [0.15, 0.2) is 22.8 Å². The molecule has 0 spiro atoms. The van der Waals surface area contributed by atoms with Crippen molar-refractivity contribution in [3.8, 4) is 5.75 Å². The Hall–Kier alpha value is -1.63. The molecule has 4 nitrogen and oxygen atoms in total. The highest BCUT2D eigenvalue weighted by Crippen LogP contribution is 2.39. The molecule has 19 heavy (non-hydrogen) atoms. The second-order valence-electron chi connectivity index (χ2n) is 4.05. The Labute approximate surface area is 116 Å². The zero-order valence-corrected chi connectivity index (χ0v) is 11.7. The number of benzene rings is 1. The summed E-state index contributed by atoms with van der Waals surface area (Å²) in [7, 11) is 3.51. The lowest BCUT2D eigenvalue weighted by Gasteiger charge is -2.09. The van der Waals surface area contributed by atoms with Gasteiger partial charge >= 0.3 is 12.6 Å². The molecule has 1 aromatic carbocycles. The second-order valence-corrected chi connectivity index (χ2v) is 4.97. The molecule has 0 N–H and O–H groups in total. The predicted octanol–water partition coefficient (Wildman–Crippen LogP) is 3.08. The molecule has 0 fully saturated rings. The van der Waals surface area contributed by atoms with E-state index in [0.717, 1.165) is 0 Å². The van der Waals surface area contributed by atoms with E-state index in [-0.39, 0.29) is 11.3 Å². The van der Waals surface area contributed by atoms with Crippen LogP contribution in [0.5, 0.6) is 5.75 Å². The fourth-order valence-electron chi connectivity index (χ4n) is 1.71. The Morgan fingerprint density at radius 3 is 2.68 bits per heavy atom. The molecule has 7 heteroatoms. The first-order valence-corrected chi connectivity index (χ1v) is 6.07. The summed E-state index contributed by atoms with van der Waals surface area (Å²) in [4.78, 5) is 13.4. The van der Waals surface area contributed by atoms with Gasteiger partial charge in [0.1, 0.15) is 11.3 Å². The number of alkyl halides is 2. The van der Waals surface area contributed by atoms with Gasteiger partial charge in [-0.3, -0.25) is 0 Å². The number of halogens is 3. The quantitative estimate of drug-likeness (QED) is 0.797. The normalized spacial score (nSPS) is 15.7. The molecular weight excluding hydrogens is 324 g/mol. The predicted molar refractivity (Wildman–Crippen MR) is 67.9 cm³/mol. The molecular formula is C12H10BrF2NO3. The van der Waals surface area contributed by atoms with Gasteiger partial charge in [-0.25, -0.2) is 4.79 Å². The number of ether oxygens (including phenoxy) is 2. The van der Waals surface area contributed by atoms with Crippen molar-refractivity contribution in [3.05, 3.63) is 33.9 Å². The monoisotopic (exact) mass is 333 g/mol. The number of fused-ring (bicyclic) bond motifs is 1. The van der Waals surface area contributed by atoms with Gasteiger partial charge in [0.05, 0.1) is 0 Å². The first-order valence-electron chi connectivity index (χ1n) is 5.27. The van der Waals surface area contributed by atoms with Gasteiger partial charge in [-0.1, -0.05) is 15.9 Å². The standard InChI is InChI=1S/C12H10BrF2NO3/c1-16(2)5-9-7-3-6(13)4-8(19-12(14)15)10(7)11(17)18-9/h3-5,12H,1-2H3. The van der Waals surface area contributed by atoms with E-state index in [2.05, 4.69) is 20.7 Å². The van der Waals surface area contributed by atoms with Crippen molar-refractivity contribution in [3.63, 3.8) is 0 Å². The lowest BCUT2D eigenvalue weighted by atomic mass is 10.1. The Morgan fingerprint density at radius 2 is 2.11 bits per heavy atom. The summed E-state index contributed by atoms with van der Waals surface area (Å²) in [5, 5.41) is 0. The number of esters is 1. The summed E-state index contributed by atoms with van der Waals surface area (Å²) < 4.78 is 34.6. The highest BCUT2D eigenvalue weighted by atomic mass is 79.9. The molecule has 0 aromatic heterocycles. The molecule has 0 bridgehead atoms. The highest BCUT2D eigenvalue weighted by molar-refractivity contribution is 9.10. The molecule has 1 aliphatic heterocycles. The SMILES string of the molecule is CN(C)C=C1OC(=O)c2c(OC(F)F)cc(Br)cc21. The van der Waals surface area contributed by atoms with E-state index in [9.17, 15) is 13.6 Å². The number of carbonyl (C=O) groups excluding carboxylic acids is 1. The van der Waals surface area contributed by atoms with Crippen molar-refractivity contribution in [2.75, 3.05) is 14.1 Å². The minimum Gasteiger partial charge on any atom is -0.434 e. The molecule has 1 aliphatic rings. The molecule has 0 atom stereocenters. The summed E-state index contributed by atoms with van der Waals surface area (Å²) in [5.41, 5.74) is 0.431. The van der Waals surface area contributed by atoms with Crippen molar-refractivity contribution >= 4 is 27.7 Å². The van der Waals surface area contributed by atoms with Crippen molar-refractivity contribution in [1.29, 1.82) is 0 Å². The summed E-state index contributed by atoms with van der Waals surface area (Å²) in [5.74, 6) is -0.608. The molecule has 102 valence electrons. The molecule has 2 rings (SSSR count). The first kappa shape index (κ1) is 13.8. The van der Waals surface area contributed by atoms with E-state index in [0.29, 0.717) is 15.8 Å². The number of cyclic esters (lactones) is 1. The number of rotatable bonds is 3. The van der Waals surface area contributed by atoms with E-state index < -0.39 is 12.6 Å². The van der Waals surface area contributed by atoms with Crippen molar-refractivity contribution in [2.45, 2.75) is 6.61 Å². The minimum absolute atomic E-state index is 0.0107. The lowest BCUT2D eigenvalue weighted by molar-refractivity contribution is -0.0502. The average Bonchev–Trinajstić information content (AvgIpc) is 2.53. The zero-order valence-electron chi connectivity index (χ0n) is 10.1. The summed E-state index contributed by atoms with van der Waals surface area (Å²) >= 11 is 3.19. The fourth-order valence-corrected chi connectivity index (χ4v) is 2.15. The van der Waals surface area contributed by atoms with Crippen LogP contribution in [-0.2, 0) is 4.74 Å². The largest absolute Gasteiger partial charge is 0.434 e. The van der Waals surface area contributed by atoms with Gasteiger partial charge in [0, 0.05) is 30.3 Å². The Kier molecular flexibility index (Phi) is 3.75. The maximum absolute atomic E-state index is 12.3.